The Bertz CT molecular complexity index is 112. The Labute approximate surface area is 82.3 Å². The molecule has 4 heteroatoms. The maximum atomic E-state index is 2.45. The van der Waals surface area contributed by atoms with Gasteiger partial charge in [-0.1, -0.05) is 0 Å². The van der Waals surface area contributed by atoms with Crippen LogP contribution in [0.4, 0.5) is 0 Å². The van der Waals surface area contributed by atoms with E-state index in [1.165, 1.54) is 4.44 Å². The molecule has 0 aromatic heterocycles. The van der Waals surface area contributed by atoms with Crippen LogP contribution in [0.5, 0.6) is 0 Å². The summed E-state index contributed by atoms with van der Waals surface area (Å²) in [5.41, 5.74) is 0. The molecule has 0 amide bonds. The van der Waals surface area contributed by atoms with Gasteiger partial charge >= 0.3 is 82.2 Å². The van der Waals surface area contributed by atoms with Crippen LogP contribution in [0.3, 0.4) is 0 Å². The second kappa shape index (κ2) is 4.79. The van der Waals surface area contributed by atoms with Gasteiger partial charge in [-0.15, -0.1) is 0 Å². The molecule has 0 bridgehead atoms. The Morgan fingerprint density at radius 3 is 1.00 bits per heavy atom. The van der Waals surface area contributed by atoms with Gasteiger partial charge in [-0.3, -0.25) is 0 Å². The zero-order chi connectivity index (χ0) is 9.94. The van der Waals surface area contributed by atoms with Crippen molar-refractivity contribution in [3.8, 4) is 0 Å². The average Bonchev–Trinajstić information content (AvgIpc) is 1.86. The number of rotatable bonds is 4. The topological polar surface area (TPSA) is 9.72 Å². The van der Waals surface area contributed by atoms with E-state index >= 15 is 0 Å². The van der Waals surface area contributed by atoms with Crippen molar-refractivity contribution in [3.63, 3.8) is 0 Å². The number of nitrogens with zero attached hydrogens (tertiary/aromatic N) is 3. The van der Waals surface area contributed by atoms with Gasteiger partial charge in [0.1, 0.15) is 0 Å². The molecule has 0 fully saturated rings. The number of hydrogen-bond acceptors (Lipinski definition) is 3. The van der Waals surface area contributed by atoms with Gasteiger partial charge in [-0.05, 0) is 0 Å². The minimum atomic E-state index is -2.29. The molecule has 0 unspecified atom stereocenters. The third-order valence-corrected chi connectivity index (χ3v) is 17.6. The molecule has 0 aliphatic rings. The molecule has 0 saturated carbocycles. The van der Waals surface area contributed by atoms with Gasteiger partial charge in [-0.2, -0.15) is 0 Å². The molecule has 0 aliphatic carbocycles. The third kappa shape index (κ3) is 2.13. The van der Waals surface area contributed by atoms with Crippen molar-refractivity contribution < 1.29 is 0 Å². The van der Waals surface area contributed by atoms with Gasteiger partial charge in [0.05, 0.1) is 0 Å². The van der Waals surface area contributed by atoms with E-state index in [2.05, 4.69) is 58.6 Å². The summed E-state index contributed by atoms with van der Waals surface area (Å²) in [5, 5.41) is 0. The van der Waals surface area contributed by atoms with Crippen LogP contribution in [-0.2, 0) is 0 Å². The van der Waals surface area contributed by atoms with E-state index in [0.29, 0.717) is 0 Å². The van der Waals surface area contributed by atoms with E-state index in [4.69, 9.17) is 0 Å². The third-order valence-electron chi connectivity index (χ3n) is 2.62. The van der Waals surface area contributed by atoms with Crippen LogP contribution < -0.4 is 0 Å². The summed E-state index contributed by atoms with van der Waals surface area (Å²) in [7, 11) is 13.2. The zero-order valence-corrected chi connectivity index (χ0v) is 12.4. The molecular formula is C8H23N3Sn. The molecule has 3 nitrogen and oxygen atoms in total. The molecule has 0 aromatic rings. The van der Waals surface area contributed by atoms with E-state index in [1.54, 1.807) is 0 Å². The van der Waals surface area contributed by atoms with Crippen molar-refractivity contribution in [2.24, 2.45) is 0 Å². The molecule has 12 heavy (non-hydrogen) atoms. The molecule has 0 atom stereocenters. The van der Waals surface area contributed by atoms with Crippen molar-refractivity contribution in [2.75, 3.05) is 42.3 Å². The summed E-state index contributed by atoms with van der Waals surface area (Å²) in [6, 6.07) is 0. The van der Waals surface area contributed by atoms with Gasteiger partial charge in [0.2, 0.25) is 0 Å². The molecular weight excluding hydrogens is 257 g/mol. The summed E-state index contributed by atoms with van der Waals surface area (Å²) >= 11 is -2.29. The molecule has 0 radical (unpaired) electrons. The summed E-state index contributed by atoms with van der Waals surface area (Å²) in [5.74, 6) is 0. The van der Waals surface area contributed by atoms with Crippen LogP contribution in [0.2, 0.25) is 4.44 Å². The SMILES string of the molecule is C[CH2][Sn]([N](C)C)([N](C)C)[N](C)C. The number of hydrogen-bond donors (Lipinski definition) is 0. The van der Waals surface area contributed by atoms with Crippen molar-refractivity contribution in [1.82, 2.24) is 9.36 Å². The maximum absolute atomic E-state index is 2.45. The summed E-state index contributed by atoms with van der Waals surface area (Å²) in [4.78, 5) is 0. The van der Waals surface area contributed by atoms with Crippen LogP contribution >= 0.6 is 0 Å². The Kier molecular flexibility index (Phi) is 5.06. The first-order valence-corrected chi connectivity index (χ1v) is 10.3. The van der Waals surface area contributed by atoms with Crippen molar-refractivity contribution in [3.05, 3.63) is 0 Å². The summed E-state index contributed by atoms with van der Waals surface area (Å²) < 4.78 is 8.65. The van der Waals surface area contributed by atoms with Crippen LogP contribution in [0.25, 0.3) is 0 Å². The molecule has 74 valence electrons. The predicted molar refractivity (Wildman–Crippen MR) is 57.3 cm³/mol. The molecule has 0 heterocycles. The Morgan fingerprint density at radius 2 is 1.00 bits per heavy atom. The standard InChI is InChI=1S/3C2H6N.C2H5.Sn/c3*1-3-2;1-2;/h3*1-2H3;1H2,2H3;/q3*-1;;+3. The second-order valence-corrected chi connectivity index (χ2v) is 17.9. The molecule has 0 aliphatic heterocycles. The molecule has 0 spiro atoms. The predicted octanol–water partition coefficient (Wildman–Crippen LogP) is 0.630. The van der Waals surface area contributed by atoms with E-state index in [0.717, 1.165) is 0 Å². The average molecular weight is 280 g/mol. The zero-order valence-electron chi connectivity index (χ0n) is 9.55. The quantitative estimate of drug-likeness (QED) is 0.699. The van der Waals surface area contributed by atoms with Gasteiger partial charge < -0.3 is 0 Å². The van der Waals surface area contributed by atoms with Crippen LogP contribution in [-0.4, -0.2) is 70.8 Å². The van der Waals surface area contributed by atoms with Crippen molar-refractivity contribution in [1.29, 1.82) is 0 Å². The first-order valence-electron chi connectivity index (χ1n) is 4.41. The van der Waals surface area contributed by atoms with E-state index in [9.17, 15) is 0 Å². The van der Waals surface area contributed by atoms with E-state index < -0.39 is 19.2 Å². The molecule has 0 N–H and O–H groups in total. The summed E-state index contributed by atoms with van der Waals surface area (Å²) in [6.07, 6.45) is 0. The minimum absolute atomic E-state index is 1.29. The van der Waals surface area contributed by atoms with Crippen LogP contribution in [0.1, 0.15) is 6.92 Å². The fraction of sp³-hybridized carbons (Fsp3) is 1.00. The molecule has 0 aromatic carbocycles. The Balaban J connectivity index is 4.77. The first kappa shape index (κ1) is 12.7. The van der Waals surface area contributed by atoms with Gasteiger partial charge in [-0.25, -0.2) is 0 Å². The molecule has 0 rings (SSSR count). The van der Waals surface area contributed by atoms with Crippen LogP contribution in [0, 0.1) is 0 Å². The van der Waals surface area contributed by atoms with Gasteiger partial charge in [0.25, 0.3) is 0 Å². The Morgan fingerprint density at radius 1 is 0.750 bits per heavy atom. The molecule has 0 saturated heterocycles. The Hall–Kier alpha value is 0.679. The fourth-order valence-corrected chi connectivity index (χ4v) is 14.4. The van der Waals surface area contributed by atoms with E-state index in [-0.39, 0.29) is 0 Å². The van der Waals surface area contributed by atoms with Gasteiger partial charge in [0, 0.05) is 0 Å². The first-order chi connectivity index (χ1) is 5.39. The van der Waals surface area contributed by atoms with E-state index in [1.807, 2.05) is 0 Å². The van der Waals surface area contributed by atoms with Crippen molar-refractivity contribution in [2.45, 2.75) is 11.4 Å². The van der Waals surface area contributed by atoms with Gasteiger partial charge in [0.15, 0.2) is 0 Å². The van der Waals surface area contributed by atoms with Crippen LogP contribution in [0.15, 0.2) is 0 Å². The summed E-state index contributed by atoms with van der Waals surface area (Å²) in [6.45, 7) is 2.30. The monoisotopic (exact) mass is 281 g/mol. The normalized spacial score (nSPS) is 13.5. The van der Waals surface area contributed by atoms with Crippen molar-refractivity contribution >= 4 is 19.2 Å². The second-order valence-electron chi connectivity index (χ2n) is 3.81. The fourth-order valence-electron chi connectivity index (χ4n) is 2.15.